The van der Waals surface area contributed by atoms with Crippen molar-refractivity contribution < 1.29 is 9.53 Å². The second-order valence-electron chi connectivity index (χ2n) is 5.07. The van der Waals surface area contributed by atoms with Crippen molar-refractivity contribution in [3.05, 3.63) is 26.9 Å². The van der Waals surface area contributed by atoms with E-state index in [1.807, 2.05) is 12.1 Å². The fourth-order valence-electron chi connectivity index (χ4n) is 1.75. The molecule has 0 radical (unpaired) electrons. The molecule has 0 atom stereocenters. The molecule has 0 aliphatic heterocycles. The highest BCUT2D eigenvalue weighted by Crippen LogP contribution is 2.21. The zero-order valence-corrected chi connectivity index (χ0v) is 14.0. The van der Waals surface area contributed by atoms with Crippen LogP contribution in [0.2, 0.25) is 0 Å². The average Bonchev–Trinajstić information content (AvgIpc) is 3.05. The maximum atomic E-state index is 11.2. The fourth-order valence-corrected chi connectivity index (χ4v) is 3.64. The summed E-state index contributed by atoms with van der Waals surface area (Å²) in [4.78, 5) is 13.4. The first kappa shape index (κ1) is 15.9. The summed E-state index contributed by atoms with van der Waals surface area (Å²) < 4.78 is 4.66. The van der Waals surface area contributed by atoms with Gasteiger partial charge in [-0.2, -0.15) is 0 Å². The van der Waals surface area contributed by atoms with E-state index in [1.165, 1.54) is 7.11 Å². The second-order valence-corrected chi connectivity index (χ2v) is 7.39. The third-order valence-corrected chi connectivity index (χ3v) is 4.72. The third kappa shape index (κ3) is 5.09. The van der Waals surface area contributed by atoms with Crippen LogP contribution in [-0.4, -0.2) is 23.3 Å². The molecular weight excluding hydrogens is 306 g/mol. The van der Waals surface area contributed by atoms with E-state index in [-0.39, 0.29) is 5.97 Å². The summed E-state index contributed by atoms with van der Waals surface area (Å²) in [7, 11) is 1.41. The van der Waals surface area contributed by atoms with Crippen molar-refractivity contribution in [2.45, 2.75) is 33.2 Å². The summed E-state index contributed by atoms with van der Waals surface area (Å²) in [5.41, 5.74) is 0. The SMILES string of the molecule is COC(=O)Cc1ccc(CNc2nnc(CC(C)C)s2)s1. The van der Waals surface area contributed by atoms with Crippen LogP contribution >= 0.6 is 22.7 Å². The number of ether oxygens (including phenoxy) is 1. The number of anilines is 1. The Morgan fingerprint density at radius 2 is 2.05 bits per heavy atom. The van der Waals surface area contributed by atoms with Crippen LogP contribution in [0.4, 0.5) is 5.13 Å². The van der Waals surface area contributed by atoms with Crippen LogP contribution in [0, 0.1) is 5.92 Å². The lowest BCUT2D eigenvalue weighted by atomic mass is 10.1. The minimum Gasteiger partial charge on any atom is -0.469 e. The average molecular weight is 325 g/mol. The van der Waals surface area contributed by atoms with Crippen molar-refractivity contribution in [3.63, 3.8) is 0 Å². The van der Waals surface area contributed by atoms with E-state index >= 15 is 0 Å². The molecule has 0 bridgehead atoms. The summed E-state index contributed by atoms with van der Waals surface area (Å²) in [6.07, 6.45) is 1.29. The molecule has 0 saturated carbocycles. The molecule has 2 aromatic heterocycles. The number of thiophene rings is 1. The molecule has 0 spiro atoms. The molecule has 2 aromatic rings. The monoisotopic (exact) mass is 325 g/mol. The predicted octanol–water partition coefficient (Wildman–Crippen LogP) is 3.13. The highest BCUT2D eigenvalue weighted by Gasteiger charge is 2.08. The van der Waals surface area contributed by atoms with Gasteiger partial charge in [-0.05, 0) is 18.1 Å². The van der Waals surface area contributed by atoms with Gasteiger partial charge in [0.1, 0.15) is 5.01 Å². The number of hydrogen-bond acceptors (Lipinski definition) is 7. The third-order valence-electron chi connectivity index (χ3n) is 2.73. The summed E-state index contributed by atoms with van der Waals surface area (Å²) in [5, 5.41) is 13.5. The minimum atomic E-state index is -0.209. The number of carbonyl (C=O) groups is 1. The van der Waals surface area contributed by atoms with E-state index in [0.717, 1.165) is 26.3 Å². The normalized spacial score (nSPS) is 10.9. The van der Waals surface area contributed by atoms with Gasteiger partial charge in [-0.3, -0.25) is 4.79 Å². The van der Waals surface area contributed by atoms with E-state index in [1.54, 1.807) is 22.7 Å². The summed E-state index contributed by atoms with van der Waals surface area (Å²) in [5.74, 6) is 0.378. The Hall–Kier alpha value is -1.47. The second kappa shape index (κ2) is 7.51. The first-order chi connectivity index (χ1) is 10.1. The van der Waals surface area contributed by atoms with Gasteiger partial charge in [-0.1, -0.05) is 25.2 Å². The van der Waals surface area contributed by atoms with Crippen molar-refractivity contribution in [2.75, 3.05) is 12.4 Å². The van der Waals surface area contributed by atoms with Gasteiger partial charge >= 0.3 is 5.97 Å². The van der Waals surface area contributed by atoms with Gasteiger partial charge < -0.3 is 10.1 Å². The topological polar surface area (TPSA) is 64.1 Å². The molecule has 0 aromatic carbocycles. The van der Waals surface area contributed by atoms with Crippen molar-refractivity contribution in [3.8, 4) is 0 Å². The number of nitrogens with zero attached hydrogens (tertiary/aromatic N) is 2. The van der Waals surface area contributed by atoms with Crippen LogP contribution in [0.5, 0.6) is 0 Å². The molecule has 1 N–H and O–H groups in total. The maximum Gasteiger partial charge on any atom is 0.310 e. The van der Waals surface area contributed by atoms with E-state index in [2.05, 4.69) is 34.1 Å². The smallest absolute Gasteiger partial charge is 0.310 e. The van der Waals surface area contributed by atoms with Gasteiger partial charge in [0.2, 0.25) is 5.13 Å². The molecule has 5 nitrogen and oxygen atoms in total. The Morgan fingerprint density at radius 3 is 2.76 bits per heavy atom. The standard InChI is InChI=1S/C14H19N3O2S2/c1-9(2)6-12-16-17-14(21-12)15-8-11-5-4-10(20-11)7-13(18)19-3/h4-5,9H,6-8H2,1-3H3,(H,15,17). The lowest BCUT2D eigenvalue weighted by Crippen LogP contribution is -2.02. The summed E-state index contributed by atoms with van der Waals surface area (Å²) >= 11 is 3.21. The van der Waals surface area contributed by atoms with Gasteiger partial charge in [0.15, 0.2) is 0 Å². The van der Waals surface area contributed by atoms with Gasteiger partial charge in [-0.15, -0.1) is 21.5 Å². The highest BCUT2D eigenvalue weighted by molar-refractivity contribution is 7.15. The van der Waals surface area contributed by atoms with Crippen LogP contribution < -0.4 is 5.32 Å². The molecule has 2 heterocycles. The van der Waals surface area contributed by atoms with Crippen molar-refractivity contribution in [1.29, 1.82) is 0 Å². The van der Waals surface area contributed by atoms with Gasteiger partial charge in [0.25, 0.3) is 0 Å². The zero-order valence-electron chi connectivity index (χ0n) is 12.4. The minimum absolute atomic E-state index is 0.209. The quantitative estimate of drug-likeness (QED) is 0.792. The number of hydrogen-bond donors (Lipinski definition) is 1. The lowest BCUT2D eigenvalue weighted by Gasteiger charge is -1.99. The maximum absolute atomic E-state index is 11.2. The number of aromatic nitrogens is 2. The molecule has 21 heavy (non-hydrogen) atoms. The summed E-state index contributed by atoms with van der Waals surface area (Å²) in [6, 6.07) is 3.98. The first-order valence-corrected chi connectivity index (χ1v) is 8.40. The molecule has 0 amide bonds. The number of methoxy groups -OCH3 is 1. The van der Waals surface area contributed by atoms with Crippen LogP contribution in [0.3, 0.4) is 0 Å². The number of nitrogens with one attached hydrogen (secondary N) is 1. The Bertz CT molecular complexity index is 593. The molecular formula is C14H19N3O2S2. The molecule has 0 unspecified atom stereocenters. The summed E-state index contributed by atoms with van der Waals surface area (Å²) in [6.45, 7) is 5.04. The fraction of sp³-hybridized carbons (Fsp3) is 0.500. The molecule has 0 aliphatic rings. The Kier molecular flexibility index (Phi) is 5.69. The van der Waals surface area contributed by atoms with E-state index in [9.17, 15) is 4.79 Å². The van der Waals surface area contributed by atoms with Gasteiger partial charge in [0.05, 0.1) is 20.1 Å². The van der Waals surface area contributed by atoms with Crippen LogP contribution in [0.15, 0.2) is 12.1 Å². The van der Waals surface area contributed by atoms with Crippen molar-refractivity contribution in [2.24, 2.45) is 5.92 Å². The zero-order chi connectivity index (χ0) is 15.2. The Labute approximate surface area is 132 Å². The number of carbonyl (C=O) groups excluding carboxylic acids is 1. The Morgan fingerprint density at radius 1 is 1.29 bits per heavy atom. The van der Waals surface area contributed by atoms with Crippen LogP contribution in [0.1, 0.15) is 28.6 Å². The van der Waals surface area contributed by atoms with Crippen LogP contribution in [0.25, 0.3) is 0 Å². The predicted molar refractivity (Wildman–Crippen MR) is 85.8 cm³/mol. The van der Waals surface area contributed by atoms with Crippen LogP contribution in [-0.2, 0) is 28.9 Å². The molecule has 114 valence electrons. The van der Waals surface area contributed by atoms with Crippen molar-refractivity contribution in [1.82, 2.24) is 10.2 Å². The highest BCUT2D eigenvalue weighted by atomic mass is 32.1. The number of rotatable bonds is 7. The van der Waals surface area contributed by atoms with Crippen molar-refractivity contribution >= 4 is 33.8 Å². The van der Waals surface area contributed by atoms with E-state index < -0.39 is 0 Å². The molecule has 7 heteroatoms. The van der Waals surface area contributed by atoms with E-state index in [4.69, 9.17) is 0 Å². The molecule has 0 aliphatic carbocycles. The molecule has 0 saturated heterocycles. The number of esters is 1. The van der Waals surface area contributed by atoms with Gasteiger partial charge in [-0.25, -0.2) is 0 Å². The largest absolute Gasteiger partial charge is 0.469 e. The lowest BCUT2D eigenvalue weighted by molar-refractivity contribution is -0.139. The van der Waals surface area contributed by atoms with E-state index in [0.29, 0.717) is 18.9 Å². The first-order valence-electron chi connectivity index (χ1n) is 6.77. The molecule has 2 rings (SSSR count). The molecule has 0 fully saturated rings. The van der Waals surface area contributed by atoms with Gasteiger partial charge in [0, 0.05) is 16.2 Å². The Balaban J connectivity index is 1.85.